The van der Waals surface area contributed by atoms with E-state index in [0.29, 0.717) is 0 Å². The molecule has 1 amide bonds. The number of hydrogen-bond donors (Lipinski definition) is 3. The van der Waals surface area contributed by atoms with Crippen LogP contribution >= 0.6 is 0 Å². The molecule has 0 aliphatic heterocycles. The van der Waals surface area contributed by atoms with Crippen LogP contribution in [0.15, 0.2) is 18.2 Å². The van der Waals surface area contributed by atoms with Gasteiger partial charge < -0.3 is 16.2 Å². The zero-order valence-corrected chi connectivity index (χ0v) is 10.5. The molecule has 0 aliphatic rings. The fraction of sp³-hybridized carbons (Fsp3) is 0.273. The summed E-state index contributed by atoms with van der Waals surface area (Å²) in [5, 5.41) is 21.3. The first-order valence-corrected chi connectivity index (χ1v) is 5.58. The number of amides is 1. The average molecular weight is 303 g/mol. The molecule has 10 heteroatoms. The number of carboxylic acids is 1. The number of hydrogen-bond acceptors (Lipinski definition) is 5. The summed E-state index contributed by atoms with van der Waals surface area (Å²) in [5.74, 6) is -2.73. The lowest BCUT2D eigenvalue weighted by Gasteiger charge is -2.14. The van der Waals surface area contributed by atoms with Crippen LogP contribution in [0, 0.1) is 10.1 Å². The van der Waals surface area contributed by atoms with Crippen molar-refractivity contribution in [3.8, 4) is 0 Å². The van der Waals surface area contributed by atoms with Gasteiger partial charge in [0.15, 0.2) is 0 Å². The smallest absolute Gasteiger partial charge is 0.326 e. The van der Waals surface area contributed by atoms with Gasteiger partial charge in [0.1, 0.15) is 11.7 Å². The molecule has 1 unspecified atom stereocenters. The molecule has 0 saturated carbocycles. The zero-order chi connectivity index (χ0) is 16.2. The lowest BCUT2D eigenvalue weighted by atomic mass is 10.1. The standard InChI is InChI=1S/C11H11F2N3O5/c12-8(13)4-6(11(18)19)15-10(17)5-2-1-3-7(9(5)14)16(20)21/h1-3,6,8H,4,14H2,(H,15,17)(H,18,19). The highest BCUT2D eigenvalue weighted by Gasteiger charge is 2.26. The Labute approximate surface area is 116 Å². The van der Waals surface area contributed by atoms with E-state index in [-0.39, 0.29) is 5.56 Å². The Morgan fingerprint density at radius 1 is 1.43 bits per heavy atom. The molecule has 0 radical (unpaired) electrons. The molecule has 0 heterocycles. The van der Waals surface area contributed by atoms with Crippen molar-refractivity contribution in [2.24, 2.45) is 0 Å². The number of carbonyl (C=O) groups excluding carboxylic acids is 1. The van der Waals surface area contributed by atoms with Crippen LogP contribution in [0.4, 0.5) is 20.2 Å². The van der Waals surface area contributed by atoms with Crippen molar-refractivity contribution in [2.75, 3.05) is 5.73 Å². The molecule has 4 N–H and O–H groups in total. The summed E-state index contributed by atoms with van der Waals surface area (Å²) >= 11 is 0. The van der Waals surface area contributed by atoms with Crippen LogP contribution in [0.25, 0.3) is 0 Å². The molecule has 0 aromatic heterocycles. The monoisotopic (exact) mass is 303 g/mol. The van der Waals surface area contributed by atoms with Gasteiger partial charge in [-0.3, -0.25) is 14.9 Å². The predicted molar refractivity (Wildman–Crippen MR) is 67.0 cm³/mol. The minimum absolute atomic E-state index is 0.357. The first-order chi connectivity index (χ1) is 9.73. The van der Waals surface area contributed by atoms with E-state index in [1.807, 2.05) is 5.32 Å². The van der Waals surface area contributed by atoms with Crippen molar-refractivity contribution in [2.45, 2.75) is 18.9 Å². The van der Waals surface area contributed by atoms with Gasteiger partial charge >= 0.3 is 5.97 Å². The van der Waals surface area contributed by atoms with Crippen LogP contribution in [-0.4, -0.2) is 34.4 Å². The number of carboxylic acid groups (broad SMARTS) is 1. The number of aliphatic carboxylic acids is 1. The zero-order valence-electron chi connectivity index (χ0n) is 10.5. The third-order valence-electron chi connectivity index (χ3n) is 2.54. The van der Waals surface area contributed by atoms with E-state index < -0.39 is 47.1 Å². The summed E-state index contributed by atoms with van der Waals surface area (Å²) in [6.07, 6.45) is -4.02. The van der Waals surface area contributed by atoms with Gasteiger partial charge in [0, 0.05) is 12.5 Å². The second-order valence-corrected chi connectivity index (χ2v) is 3.99. The fourth-order valence-corrected chi connectivity index (χ4v) is 1.55. The van der Waals surface area contributed by atoms with E-state index >= 15 is 0 Å². The molecule has 0 fully saturated rings. The molecule has 21 heavy (non-hydrogen) atoms. The SMILES string of the molecule is Nc1c(C(=O)NC(CC(F)F)C(=O)O)cccc1[N+](=O)[O-]. The maximum absolute atomic E-state index is 12.2. The molecule has 0 bridgehead atoms. The van der Waals surface area contributed by atoms with Crippen LogP contribution in [0.1, 0.15) is 16.8 Å². The van der Waals surface area contributed by atoms with Crippen molar-refractivity contribution >= 4 is 23.3 Å². The van der Waals surface area contributed by atoms with Gasteiger partial charge in [0.05, 0.1) is 10.5 Å². The van der Waals surface area contributed by atoms with Crippen molar-refractivity contribution in [1.29, 1.82) is 0 Å². The highest BCUT2D eigenvalue weighted by molar-refractivity contribution is 6.02. The summed E-state index contributed by atoms with van der Waals surface area (Å²) in [6.45, 7) is 0. The number of nitrogens with zero attached hydrogens (tertiary/aromatic N) is 1. The van der Waals surface area contributed by atoms with Gasteiger partial charge in [-0.05, 0) is 6.07 Å². The highest BCUT2D eigenvalue weighted by Crippen LogP contribution is 2.24. The van der Waals surface area contributed by atoms with Crippen LogP contribution in [-0.2, 0) is 4.79 Å². The molecule has 0 spiro atoms. The van der Waals surface area contributed by atoms with Crippen molar-refractivity contribution in [3.05, 3.63) is 33.9 Å². The van der Waals surface area contributed by atoms with Crippen LogP contribution in [0.2, 0.25) is 0 Å². The number of halogens is 2. The summed E-state index contributed by atoms with van der Waals surface area (Å²) in [5.41, 5.74) is 4.07. The Morgan fingerprint density at radius 2 is 2.05 bits per heavy atom. The van der Waals surface area contributed by atoms with E-state index in [0.717, 1.165) is 12.1 Å². The van der Waals surface area contributed by atoms with Gasteiger partial charge in [-0.1, -0.05) is 6.07 Å². The number of nitrogens with two attached hydrogens (primary N) is 1. The van der Waals surface area contributed by atoms with Crippen molar-refractivity contribution < 1.29 is 28.4 Å². The van der Waals surface area contributed by atoms with E-state index in [1.54, 1.807) is 0 Å². The Balaban J connectivity index is 3.01. The number of carbonyl (C=O) groups is 2. The van der Waals surface area contributed by atoms with Crippen LogP contribution in [0.5, 0.6) is 0 Å². The van der Waals surface area contributed by atoms with Gasteiger partial charge in [-0.2, -0.15) is 0 Å². The number of benzene rings is 1. The van der Waals surface area contributed by atoms with Gasteiger partial charge in [0.25, 0.3) is 11.6 Å². The number of nitrogen functional groups attached to an aromatic ring is 1. The lowest BCUT2D eigenvalue weighted by Crippen LogP contribution is -2.42. The topological polar surface area (TPSA) is 136 Å². The Kier molecular flexibility index (Phi) is 5.11. The number of anilines is 1. The third-order valence-corrected chi connectivity index (χ3v) is 2.54. The Bertz CT molecular complexity index is 579. The van der Waals surface area contributed by atoms with Crippen molar-refractivity contribution in [1.82, 2.24) is 5.32 Å². The van der Waals surface area contributed by atoms with E-state index in [4.69, 9.17) is 10.8 Å². The molecular weight excluding hydrogens is 292 g/mol. The predicted octanol–water partition coefficient (Wildman–Crippen LogP) is 1.02. The summed E-state index contributed by atoms with van der Waals surface area (Å²) in [6, 6.07) is 1.53. The number of nitro benzene ring substituents is 1. The number of alkyl halides is 2. The lowest BCUT2D eigenvalue weighted by molar-refractivity contribution is -0.383. The van der Waals surface area contributed by atoms with Crippen LogP contribution < -0.4 is 11.1 Å². The molecule has 1 rings (SSSR count). The van der Waals surface area contributed by atoms with Gasteiger partial charge in [-0.25, -0.2) is 13.6 Å². The summed E-state index contributed by atoms with van der Waals surface area (Å²) < 4.78 is 24.4. The summed E-state index contributed by atoms with van der Waals surface area (Å²) in [7, 11) is 0. The highest BCUT2D eigenvalue weighted by atomic mass is 19.3. The Morgan fingerprint density at radius 3 is 2.52 bits per heavy atom. The third kappa shape index (κ3) is 4.09. The number of nitrogens with one attached hydrogen (secondary N) is 1. The Hall–Kier alpha value is -2.78. The van der Waals surface area contributed by atoms with E-state index in [1.165, 1.54) is 6.07 Å². The average Bonchev–Trinajstić information content (AvgIpc) is 2.36. The first-order valence-electron chi connectivity index (χ1n) is 5.58. The number of rotatable bonds is 6. The second kappa shape index (κ2) is 6.59. The molecular formula is C11H11F2N3O5. The summed E-state index contributed by atoms with van der Waals surface area (Å²) in [4.78, 5) is 32.4. The van der Waals surface area contributed by atoms with E-state index in [2.05, 4.69) is 0 Å². The molecule has 114 valence electrons. The molecule has 0 aliphatic carbocycles. The van der Waals surface area contributed by atoms with Crippen LogP contribution in [0.3, 0.4) is 0 Å². The minimum Gasteiger partial charge on any atom is -0.480 e. The maximum Gasteiger partial charge on any atom is 0.326 e. The molecule has 1 aromatic rings. The van der Waals surface area contributed by atoms with Gasteiger partial charge in [0.2, 0.25) is 6.43 Å². The molecule has 0 saturated heterocycles. The normalized spacial score (nSPS) is 12.0. The second-order valence-electron chi connectivity index (χ2n) is 3.99. The quantitative estimate of drug-likeness (QED) is 0.408. The molecule has 1 atom stereocenters. The fourth-order valence-electron chi connectivity index (χ4n) is 1.55. The number of para-hydroxylation sites is 1. The first kappa shape index (κ1) is 16.3. The molecule has 8 nitrogen and oxygen atoms in total. The number of nitro groups is 1. The molecule has 1 aromatic carbocycles. The minimum atomic E-state index is -2.94. The van der Waals surface area contributed by atoms with E-state index in [9.17, 15) is 28.5 Å². The van der Waals surface area contributed by atoms with Crippen molar-refractivity contribution in [3.63, 3.8) is 0 Å². The maximum atomic E-state index is 12.2. The van der Waals surface area contributed by atoms with Gasteiger partial charge in [-0.15, -0.1) is 0 Å². The largest absolute Gasteiger partial charge is 0.480 e.